The fourth-order valence-corrected chi connectivity index (χ4v) is 4.35. The van der Waals surface area contributed by atoms with Gasteiger partial charge in [0.2, 0.25) is 17.7 Å². The number of nitrogens with two attached hydrogens (primary N) is 1. The lowest BCUT2D eigenvalue weighted by atomic mass is 9.99. The Hall–Kier alpha value is -4.20. The number of carbonyl (C=O) groups is 1. The van der Waals surface area contributed by atoms with Crippen LogP contribution in [0.4, 0.5) is 10.3 Å². The molecule has 1 aromatic carbocycles. The van der Waals surface area contributed by atoms with E-state index in [0.29, 0.717) is 30.5 Å². The fraction of sp³-hybridized carbons (Fsp3) is 0.160. The van der Waals surface area contributed by atoms with Gasteiger partial charge in [-0.15, -0.1) is 0 Å². The van der Waals surface area contributed by atoms with Crippen molar-refractivity contribution >= 4 is 17.4 Å². The zero-order valence-corrected chi connectivity index (χ0v) is 17.8. The summed E-state index contributed by atoms with van der Waals surface area (Å²) in [5.74, 6) is 0.247. The molecule has 1 saturated heterocycles. The zero-order chi connectivity index (χ0) is 22.9. The van der Waals surface area contributed by atoms with E-state index in [1.54, 1.807) is 47.6 Å². The van der Waals surface area contributed by atoms with Gasteiger partial charge in [0.05, 0.1) is 11.2 Å². The van der Waals surface area contributed by atoms with Gasteiger partial charge in [-0.3, -0.25) is 9.20 Å². The molecule has 1 amide bonds. The number of hydrogen-bond acceptors (Lipinski definition) is 5. The Kier molecular flexibility index (Phi) is 5.26. The number of fused-ring (bicyclic) bond motifs is 1. The Bertz CT molecular complexity index is 1350. The SMILES string of the molecule is C=CC(=O)N1CCC(c2cc(-c3ccc(Oc4ccccn4)c(F)c3)n3c(N)nccc23)C1. The van der Waals surface area contributed by atoms with E-state index in [1.165, 1.54) is 12.1 Å². The largest absolute Gasteiger partial charge is 0.436 e. The minimum atomic E-state index is -0.513. The minimum Gasteiger partial charge on any atom is -0.436 e. The van der Waals surface area contributed by atoms with Crippen LogP contribution in [0.3, 0.4) is 0 Å². The van der Waals surface area contributed by atoms with Crippen LogP contribution < -0.4 is 10.5 Å². The predicted octanol–water partition coefficient (Wildman–Crippen LogP) is 4.41. The van der Waals surface area contributed by atoms with Crippen LogP contribution in [-0.4, -0.2) is 38.3 Å². The number of hydrogen-bond donors (Lipinski definition) is 1. The van der Waals surface area contributed by atoms with E-state index in [0.717, 1.165) is 23.2 Å². The molecule has 0 saturated carbocycles. The third-order valence-corrected chi connectivity index (χ3v) is 5.93. The van der Waals surface area contributed by atoms with Gasteiger partial charge < -0.3 is 15.4 Å². The predicted molar refractivity (Wildman–Crippen MR) is 123 cm³/mol. The standard InChI is InChI=1S/C25H22FN5O2/c1-2-24(32)30-12-9-17(15-30)18-14-21(31-20(18)8-11-29-25(31)27)16-6-7-22(19(26)13-16)33-23-5-3-4-10-28-23/h2-8,10-11,13-14,17H,1,9,12,15H2,(H2,27,29). The fourth-order valence-electron chi connectivity index (χ4n) is 4.35. The van der Waals surface area contributed by atoms with Crippen molar-refractivity contribution in [3.8, 4) is 22.9 Å². The monoisotopic (exact) mass is 443 g/mol. The number of pyridine rings is 1. The molecule has 1 unspecified atom stereocenters. The Balaban J connectivity index is 1.53. The Labute approximate surface area is 190 Å². The average Bonchev–Trinajstić information content (AvgIpc) is 3.46. The molecule has 2 N–H and O–H groups in total. The molecular weight excluding hydrogens is 421 g/mol. The molecule has 0 spiro atoms. The van der Waals surface area contributed by atoms with E-state index >= 15 is 0 Å². The molecule has 8 heteroatoms. The van der Waals surface area contributed by atoms with E-state index in [4.69, 9.17) is 10.5 Å². The summed E-state index contributed by atoms with van der Waals surface area (Å²) in [6, 6.07) is 13.9. The summed E-state index contributed by atoms with van der Waals surface area (Å²) >= 11 is 0. The van der Waals surface area contributed by atoms with Crippen LogP contribution in [0.15, 0.2) is 73.6 Å². The van der Waals surface area contributed by atoms with Crippen molar-refractivity contribution in [3.63, 3.8) is 0 Å². The van der Waals surface area contributed by atoms with Gasteiger partial charge in [-0.05, 0) is 54.5 Å². The van der Waals surface area contributed by atoms with Crippen molar-refractivity contribution in [2.45, 2.75) is 12.3 Å². The number of carbonyl (C=O) groups excluding carboxylic acids is 1. The number of likely N-dealkylation sites (tertiary alicyclic amines) is 1. The molecule has 1 aliphatic rings. The van der Waals surface area contributed by atoms with E-state index < -0.39 is 5.82 Å². The molecule has 4 heterocycles. The van der Waals surface area contributed by atoms with Crippen LogP contribution in [-0.2, 0) is 4.79 Å². The van der Waals surface area contributed by atoms with Crippen molar-refractivity contribution < 1.29 is 13.9 Å². The Morgan fingerprint density at radius 2 is 2.06 bits per heavy atom. The molecule has 0 radical (unpaired) electrons. The second kappa shape index (κ2) is 8.38. The first-order valence-electron chi connectivity index (χ1n) is 10.6. The quantitative estimate of drug-likeness (QED) is 0.462. The lowest BCUT2D eigenvalue weighted by Crippen LogP contribution is -2.26. The maximum Gasteiger partial charge on any atom is 0.245 e. The summed E-state index contributed by atoms with van der Waals surface area (Å²) in [6.45, 7) is 4.84. The van der Waals surface area contributed by atoms with Gasteiger partial charge >= 0.3 is 0 Å². The second-order valence-corrected chi connectivity index (χ2v) is 7.90. The van der Waals surface area contributed by atoms with E-state index in [2.05, 4.69) is 16.5 Å². The summed E-state index contributed by atoms with van der Waals surface area (Å²) in [4.78, 5) is 22.1. The van der Waals surface area contributed by atoms with Gasteiger partial charge in [0.1, 0.15) is 0 Å². The molecule has 7 nitrogen and oxygen atoms in total. The molecule has 3 aromatic heterocycles. The molecule has 0 bridgehead atoms. The first-order chi connectivity index (χ1) is 16.0. The molecule has 4 aromatic rings. The number of rotatable bonds is 5. The summed E-state index contributed by atoms with van der Waals surface area (Å²) < 4.78 is 22.3. The van der Waals surface area contributed by atoms with Gasteiger partial charge in [-0.2, -0.15) is 0 Å². The average molecular weight is 443 g/mol. The summed E-state index contributed by atoms with van der Waals surface area (Å²) in [5.41, 5.74) is 9.53. The van der Waals surface area contributed by atoms with Crippen LogP contribution in [0.2, 0.25) is 0 Å². The van der Waals surface area contributed by atoms with Crippen LogP contribution in [0.5, 0.6) is 11.6 Å². The highest BCUT2D eigenvalue weighted by Crippen LogP contribution is 2.37. The molecule has 1 aliphatic heterocycles. The number of aromatic nitrogens is 3. The second-order valence-electron chi connectivity index (χ2n) is 7.90. The van der Waals surface area contributed by atoms with Crippen LogP contribution in [0, 0.1) is 5.82 Å². The van der Waals surface area contributed by atoms with Gasteiger partial charge in [0.25, 0.3) is 0 Å². The van der Waals surface area contributed by atoms with Gasteiger partial charge in [0.15, 0.2) is 11.6 Å². The molecule has 0 aliphatic carbocycles. The highest BCUT2D eigenvalue weighted by molar-refractivity contribution is 5.87. The number of ether oxygens (including phenoxy) is 1. The van der Waals surface area contributed by atoms with Crippen LogP contribution in [0.1, 0.15) is 17.9 Å². The van der Waals surface area contributed by atoms with E-state index in [1.807, 2.05) is 16.5 Å². The minimum absolute atomic E-state index is 0.0759. The van der Waals surface area contributed by atoms with E-state index in [-0.39, 0.29) is 17.6 Å². The third-order valence-electron chi connectivity index (χ3n) is 5.93. The highest BCUT2D eigenvalue weighted by Gasteiger charge is 2.29. The summed E-state index contributed by atoms with van der Waals surface area (Å²) in [6.07, 6.45) is 5.40. The highest BCUT2D eigenvalue weighted by atomic mass is 19.1. The molecule has 166 valence electrons. The first-order valence-corrected chi connectivity index (χ1v) is 10.6. The maximum absolute atomic E-state index is 14.9. The topological polar surface area (TPSA) is 85.8 Å². The molecule has 1 atom stereocenters. The van der Waals surface area contributed by atoms with Crippen molar-refractivity contribution in [3.05, 3.63) is 85.0 Å². The Morgan fingerprint density at radius 1 is 1.18 bits per heavy atom. The lowest BCUT2D eigenvalue weighted by molar-refractivity contribution is -0.125. The molecule has 33 heavy (non-hydrogen) atoms. The number of halogens is 1. The van der Waals surface area contributed by atoms with Gasteiger partial charge in [0, 0.05) is 43.0 Å². The lowest BCUT2D eigenvalue weighted by Gasteiger charge is -2.14. The van der Waals surface area contributed by atoms with Crippen molar-refractivity contribution in [1.29, 1.82) is 0 Å². The van der Waals surface area contributed by atoms with E-state index in [9.17, 15) is 9.18 Å². The Morgan fingerprint density at radius 3 is 2.82 bits per heavy atom. The number of nitrogens with zero attached hydrogens (tertiary/aromatic N) is 4. The number of benzene rings is 1. The van der Waals surface area contributed by atoms with Crippen molar-refractivity contribution in [2.75, 3.05) is 18.8 Å². The smallest absolute Gasteiger partial charge is 0.245 e. The van der Waals surface area contributed by atoms with Crippen LogP contribution in [0.25, 0.3) is 16.8 Å². The molecular formula is C25H22FN5O2. The molecule has 1 fully saturated rings. The van der Waals surface area contributed by atoms with Crippen molar-refractivity contribution in [2.24, 2.45) is 0 Å². The maximum atomic E-state index is 14.9. The van der Waals surface area contributed by atoms with Crippen LogP contribution >= 0.6 is 0 Å². The van der Waals surface area contributed by atoms with Gasteiger partial charge in [-0.25, -0.2) is 14.4 Å². The zero-order valence-electron chi connectivity index (χ0n) is 17.8. The number of anilines is 1. The number of nitrogen functional groups attached to an aromatic ring is 1. The molecule has 5 rings (SSSR count). The summed E-state index contributed by atoms with van der Waals surface area (Å²) in [7, 11) is 0. The van der Waals surface area contributed by atoms with Gasteiger partial charge in [-0.1, -0.05) is 12.6 Å². The summed E-state index contributed by atoms with van der Waals surface area (Å²) in [5, 5.41) is 0. The number of amides is 1. The normalized spacial score (nSPS) is 15.7. The third kappa shape index (κ3) is 3.80. The first kappa shape index (κ1) is 20.7. The van der Waals surface area contributed by atoms with Crippen molar-refractivity contribution in [1.82, 2.24) is 19.3 Å².